The first-order valence-corrected chi connectivity index (χ1v) is 9.68. The van der Waals surface area contributed by atoms with Gasteiger partial charge in [0.15, 0.2) is 5.82 Å². The molecule has 4 heteroatoms. The third-order valence-electron chi connectivity index (χ3n) is 6.28. The molecule has 130 valence electrons. The fourth-order valence-corrected chi connectivity index (χ4v) is 5.13. The van der Waals surface area contributed by atoms with Crippen molar-refractivity contribution >= 4 is 5.82 Å². The van der Waals surface area contributed by atoms with Gasteiger partial charge in [-0.05, 0) is 50.9 Å². The summed E-state index contributed by atoms with van der Waals surface area (Å²) in [5.74, 6) is 2.54. The lowest BCUT2D eigenvalue weighted by atomic mass is 9.91. The van der Waals surface area contributed by atoms with Crippen LogP contribution in [0.1, 0.15) is 43.4 Å². The number of hydrogen-bond acceptors (Lipinski definition) is 4. The fourth-order valence-electron chi connectivity index (χ4n) is 5.13. The highest BCUT2D eigenvalue weighted by molar-refractivity contribution is 5.62. The van der Waals surface area contributed by atoms with Crippen LogP contribution in [0.25, 0.3) is 11.4 Å². The molecular weight excluding hydrogens is 310 g/mol. The van der Waals surface area contributed by atoms with Crippen LogP contribution in [-0.4, -0.2) is 33.8 Å². The molecule has 25 heavy (non-hydrogen) atoms. The van der Waals surface area contributed by atoms with E-state index >= 15 is 0 Å². The monoisotopic (exact) mass is 335 g/mol. The first kappa shape index (κ1) is 15.3. The lowest BCUT2D eigenvalue weighted by Crippen LogP contribution is -2.44. The first-order valence-electron chi connectivity index (χ1n) is 9.68. The van der Waals surface area contributed by atoms with Crippen LogP contribution in [0.3, 0.4) is 0 Å². The summed E-state index contributed by atoms with van der Waals surface area (Å²) in [6, 6.07) is 11.4. The number of aryl methyl sites for hydroxylation is 1. The van der Waals surface area contributed by atoms with E-state index in [4.69, 9.17) is 9.97 Å². The van der Waals surface area contributed by atoms with Gasteiger partial charge in [0.25, 0.3) is 0 Å². The lowest BCUT2D eigenvalue weighted by molar-refractivity contribution is 0.185. The molecule has 0 spiro atoms. The Morgan fingerprint density at radius 2 is 1.76 bits per heavy atom. The smallest absolute Gasteiger partial charge is 0.161 e. The van der Waals surface area contributed by atoms with Gasteiger partial charge < -0.3 is 10.0 Å². The Bertz CT molecular complexity index is 762. The number of aromatic nitrogens is 2. The second-order valence-corrected chi connectivity index (χ2v) is 7.83. The number of rotatable bonds is 3. The van der Waals surface area contributed by atoms with Crippen molar-refractivity contribution in [3.8, 4) is 11.4 Å². The molecule has 1 N–H and O–H groups in total. The third kappa shape index (κ3) is 2.54. The van der Waals surface area contributed by atoms with E-state index in [0.717, 1.165) is 37.1 Å². The Labute approximate surface area is 148 Å². The maximum absolute atomic E-state index is 9.61. The van der Waals surface area contributed by atoms with Gasteiger partial charge in [0.1, 0.15) is 5.82 Å². The third-order valence-corrected chi connectivity index (χ3v) is 6.28. The zero-order valence-electron chi connectivity index (χ0n) is 14.6. The molecule has 2 aliphatic heterocycles. The Kier molecular flexibility index (Phi) is 3.74. The molecule has 2 fully saturated rings. The summed E-state index contributed by atoms with van der Waals surface area (Å²) in [4.78, 5) is 12.6. The molecule has 3 heterocycles. The number of nitrogens with zero attached hydrogens (tertiary/aromatic N) is 3. The number of anilines is 1. The van der Waals surface area contributed by atoms with Gasteiger partial charge in [0, 0.05) is 35.5 Å². The van der Waals surface area contributed by atoms with E-state index in [1.807, 2.05) is 6.07 Å². The quantitative estimate of drug-likeness (QED) is 0.934. The Balaban J connectivity index is 1.59. The highest BCUT2D eigenvalue weighted by atomic mass is 16.3. The van der Waals surface area contributed by atoms with Crippen LogP contribution in [0.4, 0.5) is 5.82 Å². The normalized spacial score (nSPS) is 27.6. The number of piperidine rings is 1. The molecule has 0 amide bonds. The van der Waals surface area contributed by atoms with Crippen molar-refractivity contribution in [1.82, 2.24) is 9.97 Å². The number of hydrogen-bond donors (Lipinski definition) is 1. The van der Waals surface area contributed by atoms with Crippen molar-refractivity contribution in [2.75, 3.05) is 11.5 Å². The standard InChI is InChI=1S/C21H25N3O/c25-13-14-11-16-9-10-17(12-14)24(16)21-18-7-4-8-19(18)22-20(23-21)15-5-2-1-3-6-15/h1-3,5-6,14,16-17,25H,4,7-13H2/t14?,16-,17+. The molecule has 3 aliphatic rings. The maximum atomic E-state index is 9.61. The molecule has 5 rings (SSSR count). The van der Waals surface area contributed by atoms with Crippen LogP contribution >= 0.6 is 0 Å². The number of fused-ring (bicyclic) bond motifs is 3. The first-order chi connectivity index (χ1) is 12.3. The summed E-state index contributed by atoms with van der Waals surface area (Å²) in [5, 5.41) is 9.61. The summed E-state index contributed by atoms with van der Waals surface area (Å²) in [7, 11) is 0. The molecule has 3 atom stereocenters. The van der Waals surface area contributed by atoms with E-state index in [1.165, 1.54) is 36.3 Å². The summed E-state index contributed by atoms with van der Waals surface area (Å²) in [6.07, 6.45) is 8.06. The molecule has 0 radical (unpaired) electrons. The minimum absolute atomic E-state index is 0.331. The van der Waals surface area contributed by atoms with E-state index < -0.39 is 0 Å². The zero-order valence-corrected chi connectivity index (χ0v) is 14.6. The van der Waals surface area contributed by atoms with Crippen molar-refractivity contribution in [3.63, 3.8) is 0 Å². The van der Waals surface area contributed by atoms with E-state index in [9.17, 15) is 5.11 Å². The molecule has 1 aromatic heterocycles. The lowest BCUT2D eigenvalue weighted by Gasteiger charge is -2.40. The van der Waals surface area contributed by atoms with Crippen molar-refractivity contribution in [2.24, 2.45) is 5.92 Å². The zero-order chi connectivity index (χ0) is 16.8. The summed E-state index contributed by atoms with van der Waals surface area (Å²) >= 11 is 0. The molecule has 2 bridgehead atoms. The predicted molar refractivity (Wildman–Crippen MR) is 98.6 cm³/mol. The summed E-state index contributed by atoms with van der Waals surface area (Å²) in [6.45, 7) is 0.331. The average Bonchev–Trinajstić information content (AvgIpc) is 3.23. The molecule has 0 saturated carbocycles. The molecule has 4 nitrogen and oxygen atoms in total. The molecule has 1 aromatic carbocycles. The highest BCUT2D eigenvalue weighted by Crippen LogP contribution is 2.44. The van der Waals surface area contributed by atoms with Crippen LogP contribution in [-0.2, 0) is 12.8 Å². The van der Waals surface area contributed by atoms with Crippen LogP contribution in [0, 0.1) is 5.92 Å². The van der Waals surface area contributed by atoms with Gasteiger partial charge in [-0.25, -0.2) is 9.97 Å². The van der Waals surface area contributed by atoms with E-state index in [0.29, 0.717) is 24.6 Å². The second-order valence-electron chi connectivity index (χ2n) is 7.83. The minimum atomic E-state index is 0.331. The molecular formula is C21H25N3O. The Morgan fingerprint density at radius 3 is 2.48 bits per heavy atom. The minimum Gasteiger partial charge on any atom is -0.396 e. The fraction of sp³-hybridized carbons (Fsp3) is 0.524. The van der Waals surface area contributed by atoms with Crippen LogP contribution in [0.5, 0.6) is 0 Å². The van der Waals surface area contributed by atoms with E-state index in [1.54, 1.807) is 0 Å². The predicted octanol–water partition coefficient (Wildman–Crippen LogP) is 3.37. The van der Waals surface area contributed by atoms with Crippen molar-refractivity contribution in [3.05, 3.63) is 41.6 Å². The van der Waals surface area contributed by atoms with Gasteiger partial charge in [-0.15, -0.1) is 0 Å². The second kappa shape index (κ2) is 6.10. The number of aliphatic hydroxyl groups excluding tert-OH is 1. The SMILES string of the molecule is OCC1C[C@H]2CC[C@@H](C1)N2c1nc(-c2ccccc2)nc2c1CCC2. The molecule has 2 saturated heterocycles. The van der Waals surface area contributed by atoms with Crippen LogP contribution in [0.15, 0.2) is 30.3 Å². The van der Waals surface area contributed by atoms with Crippen LogP contribution in [0.2, 0.25) is 0 Å². The Hall–Kier alpha value is -1.94. The van der Waals surface area contributed by atoms with Crippen molar-refractivity contribution in [2.45, 2.75) is 57.0 Å². The average molecular weight is 335 g/mol. The van der Waals surface area contributed by atoms with Gasteiger partial charge >= 0.3 is 0 Å². The van der Waals surface area contributed by atoms with E-state index in [-0.39, 0.29) is 0 Å². The topological polar surface area (TPSA) is 49.2 Å². The largest absolute Gasteiger partial charge is 0.396 e. The van der Waals surface area contributed by atoms with Crippen LogP contribution < -0.4 is 4.90 Å². The molecule has 1 aliphatic carbocycles. The number of benzene rings is 1. The molecule has 1 unspecified atom stereocenters. The van der Waals surface area contributed by atoms with Gasteiger partial charge in [0.05, 0.1) is 0 Å². The van der Waals surface area contributed by atoms with Gasteiger partial charge in [-0.2, -0.15) is 0 Å². The van der Waals surface area contributed by atoms with Gasteiger partial charge in [-0.1, -0.05) is 30.3 Å². The Morgan fingerprint density at radius 1 is 1.00 bits per heavy atom. The van der Waals surface area contributed by atoms with E-state index in [2.05, 4.69) is 29.2 Å². The van der Waals surface area contributed by atoms with Crippen molar-refractivity contribution < 1.29 is 5.11 Å². The summed E-state index contributed by atoms with van der Waals surface area (Å²) < 4.78 is 0. The summed E-state index contributed by atoms with van der Waals surface area (Å²) in [5.41, 5.74) is 3.75. The van der Waals surface area contributed by atoms with Gasteiger partial charge in [-0.3, -0.25) is 0 Å². The number of aliphatic hydroxyl groups is 1. The van der Waals surface area contributed by atoms with Gasteiger partial charge in [0.2, 0.25) is 0 Å². The van der Waals surface area contributed by atoms with Crippen molar-refractivity contribution in [1.29, 1.82) is 0 Å². The maximum Gasteiger partial charge on any atom is 0.161 e. The highest BCUT2D eigenvalue weighted by Gasteiger charge is 2.42. The molecule has 2 aromatic rings.